The lowest BCUT2D eigenvalue weighted by atomic mass is 10.1. The molecular weight excluding hydrogens is 245 g/mol. The molecule has 3 N–H and O–H groups in total. The molecule has 19 heavy (non-hydrogen) atoms. The van der Waals surface area contributed by atoms with Crippen LogP contribution in [-0.2, 0) is 0 Å². The van der Waals surface area contributed by atoms with Gasteiger partial charge in [0.2, 0.25) is 5.91 Å². The van der Waals surface area contributed by atoms with E-state index in [9.17, 15) is 9.18 Å². The molecule has 2 rings (SSSR count). The average Bonchev–Trinajstić information content (AvgIpc) is 2.66. The van der Waals surface area contributed by atoms with Gasteiger partial charge < -0.3 is 16.0 Å². The molecule has 1 aliphatic heterocycles. The molecule has 1 atom stereocenters. The molecule has 1 saturated heterocycles. The zero-order valence-corrected chi connectivity index (χ0v) is 11.2. The van der Waals surface area contributed by atoms with Crippen molar-refractivity contribution in [1.82, 2.24) is 5.32 Å². The number of carbonyl (C=O) groups excluding carboxylic acids is 1. The summed E-state index contributed by atoms with van der Waals surface area (Å²) in [5.41, 5.74) is 5.88. The first kappa shape index (κ1) is 13.8. The fourth-order valence-electron chi connectivity index (χ4n) is 2.53. The van der Waals surface area contributed by atoms with Crippen LogP contribution in [-0.4, -0.2) is 32.1 Å². The smallest absolute Gasteiger partial charge is 0.248 e. The molecule has 1 aliphatic rings. The molecule has 104 valence electrons. The molecule has 1 unspecified atom stereocenters. The van der Waals surface area contributed by atoms with E-state index in [0.29, 0.717) is 11.7 Å². The van der Waals surface area contributed by atoms with E-state index in [2.05, 4.69) is 5.32 Å². The average molecular weight is 265 g/mol. The highest BCUT2D eigenvalue weighted by Gasteiger charge is 2.19. The summed E-state index contributed by atoms with van der Waals surface area (Å²) in [6, 6.07) is 4.74. The van der Waals surface area contributed by atoms with E-state index in [0.717, 1.165) is 32.4 Å². The number of hydrogen-bond acceptors (Lipinski definition) is 3. The summed E-state index contributed by atoms with van der Waals surface area (Å²) in [6.45, 7) is 1.98. The predicted molar refractivity (Wildman–Crippen MR) is 73.8 cm³/mol. The Balaban J connectivity index is 2.18. The van der Waals surface area contributed by atoms with Crippen molar-refractivity contribution in [1.29, 1.82) is 0 Å². The number of rotatable bonds is 3. The zero-order chi connectivity index (χ0) is 13.8. The van der Waals surface area contributed by atoms with Crippen molar-refractivity contribution in [3.05, 3.63) is 29.6 Å². The van der Waals surface area contributed by atoms with Gasteiger partial charge in [-0.15, -0.1) is 0 Å². The quantitative estimate of drug-likeness (QED) is 0.871. The minimum atomic E-state index is -0.605. The first-order valence-corrected chi connectivity index (χ1v) is 6.62. The van der Waals surface area contributed by atoms with Crippen LogP contribution in [0.4, 0.5) is 10.1 Å². The SMILES string of the molecule is CN(c1ccc(C(N)=O)cc1F)C1CCCNCC1. The lowest BCUT2D eigenvalue weighted by molar-refractivity contribution is 0.1000. The number of nitrogens with two attached hydrogens (primary N) is 1. The number of benzene rings is 1. The third-order valence-electron chi connectivity index (χ3n) is 3.71. The molecular formula is C14H20FN3O. The zero-order valence-electron chi connectivity index (χ0n) is 11.2. The van der Waals surface area contributed by atoms with Crippen molar-refractivity contribution in [2.45, 2.75) is 25.3 Å². The summed E-state index contributed by atoms with van der Waals surface area (Å²) in [7, 11) is 1.90. The van der Waals surface area contributed by atoms with Gasteiger partial charge in [0.25, 0.3) is 0 Å². The molecule has 0 aliphatic carbocycles. The van der Waals surface area contributed by atoms with Gasteiger partial charge in [0.15, 0.2) is 0 Å². The summed E-state index contributed by atoms with van der Waals surface area (Å²) in [6.07, 6.45) is 3.13. The Labute approximate surface area is 112 Å². The largest absolute Gasteiger partial charge is 0.369 e. The summed E-state index contributed by atoms with van der Waals surface area (Å²) >= 11 is 0. The lowest BCUT2D eigenvalue weighted by Crippen LogP contribution is -2.33. The van der Waals surface area contributed by atoms with Gasteiger partial charge in [0.1, 0.15) is 5.82 Å². The van der Waals surface area contributed by atoms with E-state index in [4.69, 9.17) is 5.73 Å². The van der Waals surface area contributed by atoms with Gasteiger partial charge in [-0.2, -0.15) is 0 Å². The second kappa shape index (κ2) is 6.02. The topological polar surface area (TPSA) is 58.4 Å². The minimum Gasteiger partial charge on any atom is -0.369 e. The molecule has 1 aromatic carbocycles. The third kappa shape index (κ3) is 3.23. The standard InChI is InChI=1S/C14H20FN3O/c1-18(11-3-2-7-17-8-6-11)13-5-4-10(14(16)19)9-12(13)15/h4-5,9,11,17H,2-3,6-8H2,1H3,(H2,16,19). The second-order valence-corrected chi connectivity index (χ2v) is 4.98. The molecule has 1 heterocycles. The Morgan fingerprint density at radius 1 is 1.42 bits per heavy atom. The normalized spacial score (nSPS) is 19.8. The Hall–Kier alpha value is -1.62. The fourth-order valence-corrected chi connectivity index (χ4v) is 2.53. The van der Waals surface area contributed by atoms with Crippen LogP contribution in [0.1, 0.15) is 29.6 Å². The van der Waals surface area contributed by atoms with Crippen molar-refractivity contribution in [2.24, 2.45) is 5.73 Å². The van der Waals surface area contributed by atoms with Crippen molar-refractivity contribution < 1.29 is 9.18 Å². The minimum absolute atomic E-state index is 0.206. The van der Waals surface area contributed by atoms with Crippen LogP contribution < -0.4 is 16.0 Å². The van der Waals surface area contributed by atoms with Gasteiger partial charge in [-0.05, 0) is 50.6 Å². The monoisotopic (exact) mass is 265 g/mol. The molecule has 0 radical (unpaired) electrons. The predicted octanol–water partition coefficient (Wildman–Crippen LogP) is 1.50. The molecule has 5 heteroatoms. The van der Waals surface area contributed by atoms with Crippen LogP contribution in [0.2, 0.25) is 0 Å². The van der Waals surface area contributed by atoms with Crippen molar-refractivity contribution in [3.63, 3.8) is 0 Å². The Morgan fingerprint density at radius 3 is 2.89 bits per heavy atom. The van der Waals surface area contributed by atoms with Crippen molar-refractivity contribution in [3.8, 4) is 0 Å². The van der Waals surface area contributed by atoms with Gasteiger partial charge in [-0.1, -0.05) is 0 Å². The summed E-state index contributed by atoms with van der Waals surface area (Å²) in [5.74, 6) is -0.997. The van der Waals surface area contributed by atoms with E-state index in [1.54, 1.807) is 12.1 Å². The first-order chi connectivity index (χ1) is 9.09. The number of nitrogens with one attached hydrogen (secondary N) is 1. The second-order valence-electron chi connectivity index (χ2n) is 4.98. The van der Waals surface area contributed by atoms with Crippen molar-refractivity contribution >= 4 is 11.6 Å². The van der Waals surface area contributed by atoms with Crippen LogP contribution in [0.5, 0.6) is 0 Å². The maximum Gasteiger partial charge on any atom is 0.248 e. The van der Waals surface area contributed by atoms with E-state index >= 15 is 0 Å². The molecule has 0 saturated carbocycles. The Bertz CT molecular complexity index is 456. The highest BCUT2D eigenvalue weighted by atomic mass is 19.1. The Morgan fingerprint density at radius 2 is 2.21 bits per heavy atom. The number of anilines is 1. The van der Waals surface area contributed by atoms with E-state index in [-0.39, 0.29) is 5.56 Å². The number of amides is 1. The molecule has 4 nitrogen and oxygen atoms in total. The molecule has 1 fully saturated rings. The number of hydrogen-bond donors (Lipinski definition) is 2. The van der Waals surface area contributed by atoms with Crippen LogP contribution in [0.25, 0.3) is 0 Å². The highest BCUT2D eigenvalue weighted by Crippen LogP contribution is 2.24. The molecule has 0 spiro atoms. The maximum atomic E-state index is 14.1. The van der Waals surface area contributed by atoms with Gasteiger partial charge in [0.05, 0.1) is 5.69 Å². The summed E-state index contributed by atoms with van der Waals surface area (Å²) in [5, 5.41) is 3.34. The Kier molecular flexibility index (Phi) is 4.37. The molecule has 1 aromatic rings. The number of nitrogens with zero attached hydrogens (tertiary/aromatic N) is 1. The summed E-state index contributed by atoms with van der Waals surface area (Å²) in [4.78, 5) is 13.0. The summed E-state index contributed by atoms with van der Waals surface area (Å²) < 4.78 is 14.1. The number of primary amides is 1. The van der Waals surface area contributed by atoms with E-state index in [1.165, 1.54) is 6.07 Å². The van der Waals surface area contributed by atoms with Gasteiger partial charge >= 0.3 is 0 Å². The van der Waals surface area contributed by atoms with Gasteiger partial charge in [-0.3, -0.25) is 4.79 Å². The number of halogens is 1. The van der Waals surface area contributed by atoms with Crippen LogP contribution >= 0.6 is 0 Å². The first-order valence-electron chi connectivity index (χ1n) is 6.62. The lowest BCUT2D eigenvalue weighted by Gasteiger charge is -2.29. The van der Waals surface area contributed by atoms with Crippen LogP contribution in [0, 0.1) is 5.82 Å². The fraction of sp³-hybridized carbons (Fsp3) is 0.500. The number of carbonyl (C=O) groups is 1. The maximum absolute atomic E-state index is 14.1. The van der Waals surface area contributed by atoms with E-state index < -0.39 is 11.7 Å². The molecule has 0 bridgehead atoms. The van der Waals surface area contributed by atoms with Gasteiger partial charge in [-0.25, -0.2) is 4.39 Å². The third-order valence-corrected chi connectivity index (χ3v) is 3.71. The molecule has 0 aromatic heterocycles. The van der Waals surface area contributed by atoms with E-state index in [1.807, 2.05) is 11.9 Å². The highest BCUT2D eigenvalue weighted by molar-refractivity contribution is 5.93. The van der Waals surface area contributed by atoms with Crippen LogP contribution in [0.15, 0.2) is 18.2 Å². The molecule has 1 amide bonds. The van der Waals surface area contributed by atoms with Gasteiger partial charge in [0, 0.05) is 18.7 Å². The van der Waals surface area contributed by atoms with Crippen LogP contribution in [0.3, 0.4) is 0 Å². The van der Waals surface area contributed by atoms with Crippen molar-refractivity contribution in [2.75, 3.05) is 25.0 Å².